The minimum absolute atomic E-state index is 0. The molecule has 6 atom stereocenters. The fourth-order valence-corrected chi connectivity index (χ4v) is 13.1. The van der Waals surface area contributed by atoms with E-state index in [1.165, 1.54) is 105 Å². The van der Waals surface area contributed by atoms with Gasteiger partial charge in [0.05, 0.1) is 44.3 Å². The highest BCUT2D eigenvalue weighted by atomic mass is 32.3. The van der Waals surface area contributed by atoms with E-state index in [1.54, 1.807) is 4.90 Å². The largest absolute Gasteiger partial charge is 0.724 e. The average Bonchev–Trinajstić information content (AvgIpc) is 1.68. The van der Waals surface area contributed by atoms with E-state index in [0.717, 1.165) is 50.0 Å². The third-order valence-electron chi connectivity index (χ3n) is 18.3. The Balaban J connectivity index is 0.000000166. The summed E-state index contributed by atoms with van der Waals surface area (Å²) in [6, 6.07) is -3.75. The van der Waals surface area contributed by atoms with Crippen molar-refractivity contribution in [1.82, 2.24) is 60.5 Å². The van der Waals surface area contributed by atoms with E-state index in [9.17, 15) is 41.0 Å². The Morgan fingerprint density at radius 1 is 0.552 bits per heavy atom. The maximum atomic E-state index is 12.3. The van der Waals surface area contributed by atoms with E-state index in [2.05, 4.69) is 80.7 Å². The first kappa shape index (κ1) is 69.3. The van der Waals surface area contributed by atoms with Gasteiger partial charge in [-0.25, -0.2) is 27.9 Å². The Bertz CT molecular complexity index is 2840. The lowest BCUT2D eigenvalue weighted by Crippen LogP contribution is -2.50. The molecule has 0 radical (unpaired) electrons. The van der Waals surface area contributed by atoms with E-state index in [0.29, 0.717) is 96.0 Å². The molecule has 3 aromatic rings. The average molecular weight is 1270 g/mol. The molecule has 6 amide bonds. The zero-order valence-corrected chi connectivity index (χ0v) is 51.7. The molecule has 12 rings (SSSR count). The van der Waals surface area contributed by atoms with Gasteiger partial charge in [-0.1, -0.05) is 82.1 Å². The summed E-state index contributed by atoms with van der Waals surface area (Å²) in [5, 5.41) is 36.2. The highest BCUT2D eigenvalue weighted by Crippen LogP contribution is 2.49. The van der Waals surface area contributed by atoms with Crippen molar-refractivity contribution in [3.63, 3.8) is 0 Å². The number of carbonyl (C=O) groups is 3. The monoisotopic (exact) mass is 1270 g/mol. The third kappa shape index (κ3) is 17.6. The van der Waals surface area contributed by atoms with Crippen LogP contribution >= 0.6 is 0 Å². The number of urea groups is 3. The molecule has 4 N–H and O–H groups in total. The minimum Gasteiger partial charge on any atom is -0.724 e. The Morgan fingerprint density at radius 2 is 0.897 bits per heavy atom. The van der Waals surface area contributed by atoms with E-state index < -0.39 is 57.0 Å². The first-order chi connectivity index (χ1) is 40.3. The highest BCUT2D eigenvalue weighted by molar-refractivity contribution is 7.81. The molecule has 0 unspecified atom stereocenters. The van der Waals surface area contributed by atoms with Crippen LogP contribution in [0.1, 0.15) is 238 Å². The molecule has 9 aliphatic rings. The number of carbonyl (C=O) groups excluding carboxylic acids is 3. The lowest BCUT2D eigenvalue weighted by Gasteiger charge is -2.39. The van der Waals surface area contributed by atoms with Crippen molar-refractivity contribution in [2.24, 2.45) is 16.6 Å². The molecule has 3 aromatic heterocycles. The Kier molecular flexibility index (Phi) is 22.6. The van der Waals surface area contributed by atoms with Gasteiger partial charge in [0.15, 0.2) is 0 Å². The van der Waals surface area contributed by atoms with E-state index in [1.807, 2.05) is 0 Å². The third-order valence-corrected chi connectivity index (χ3v) is 19.0. The van der Waals surface area contributed by atoms with Crippen LogP contribution in [-0.4, -0.2) is 184 Å². The molecular formula is C56H96N14O15S2. The number of hydrogen-bond acceptors (Lipinski definition) is 21. The number of hydroxylamine groups is 6. The smallest absolute Gasteiger partial charge is 0.418 e. The first-order valence-electron chi connectivity index (χ1n) is 30.7. The van der Waals surface area contributed by atoms with Crippen LogP contribution in [0.3, 0.4) is 0 Å². The summed E-state index contributed by atoms with van der Waals surface area (Å²) in [5.41, 5.74) is 6.33. The number of nitrogens with two attached hydrogens (primary N) is 1. The topological polar surface area (TPSA) is 364 Å². The molecule has 29 nitrogen and oxygen atoms in total. The zero-order chi connectivity index (χ0) is 61.1. The molecule has 6 aliphatic heterocycles. The summed E-state index contributed by atoms with van der Waals surface area (Å²) >= 11 is 0. The molecule has 9 heterocycles. The summed E-state index contributed by atoms with van der Waals surface area (Å²) in [6.45, 7) is 20.5. The molecule has 492 valence electrons. The molecule has 6 bridgehead atoms. The summed E-state index contributed by atoms with van der Waals surface area (Å²) in [7, 11) is -9.75. The predicted octanol–water partition coefficient (Wildman–Crippen LogP) is 8.54. The second-order valence-electron chi connectivity index (χ2n) is 25.8. The summed E-state index contributed by atoms with van der Waals surface area (Å²) in [5.74, 6) is 2.79. The second-order valence-corrected chi connectivity index (χ2v) is 27.8. The fraction of sp³-hybridized carbons (Fsp3) is 0.839. The number of hydrogen-bond donors (Lipinski definition) is 3. The molecule has 31 heteroatoms. The number of unbranched alkanes of at least 4 members (excludes halogenated alkanes) is 4. The van der Waals surface area contributed by atoms with Crippen molar-refractivity contribution in [2.45, 2.75) is 246 Å². The quantitative estimate of drug-likeness (QED) is 0.0309. The van der Waals surface area contributed by atoms with Crippen LogP contribution in [-0.2, 0) is 48.6 Å². The van der Waals surface area contributed by atoms with Gasteiger partial charge in [0, 0.05) is 44.4 Å². The van der Waals surface area contributed by atoms with Crippen molar-refractivity contribution in [2.75, 3.05) is 45.8 Å². The van der Waals surface area contributed by atoms with E-state index in [4.69, 9.17) is 23.5 Å². The van der Waals surface area contributed by atoms with Crippen molar-refractivity contribution in [1.29, 1.82) is 0 Å². The van der Waals surface area contributed by atoms with Gasteiger partial charge < -0.3 is 42.7 Å². The second kappa shape index (κ2) is 28.3. The number of nitrogens with zero attached hydrogens (tertiary/aromatic N) is 13. The van der Waals surface area contributed by atoms with Crippen LogP contribution < -0.4 is 5.73 Å². The van der Waals surface area contributed by atoms with Crippen LogP contribution in [0, 0.1) is 10.8 Å². The maximum absolute atomic E-state index is 12.3. The van der Waals surface area contributed by atoms with Gasteiger partial charge in [-0.15, -0.1) is 34.9 Å². The van der Waals surface area contributed by atoms with Crippen molar-refractivity contribution < 1.29 is 71.8 Å². The van der Waals surface area contributed by atoms with Gasteiger partial charge in [0.25, 0.3) is 0 Å². The van der Waals surface area contributed by atoms with Crippen LogP contribution in [0.2, 0.25) is 0 Å². The van der Waals surface area contributed by atoms with Gasteiger partial charge in [-0.2, -0.15) is 22.8 Å². The van der Waals surface area contributed by atoms with Gasteiger partial charge in [-0.3, -0.25) is 9.76 Å². The summed E-state index contributed by atoms with van der Waals surface area (Å²) in [4.78, 5) is 41.0. The number of piperidine rings is 3. The SMILES string of the molecule is C.C.CC1(Cc2nnc([C@@H]3CC[C@@H]4CN3C(=O)N4O)o2)CC1.CC1(Cc2nnc([C@@H]3CC[C@@H]4CN3C(=O)N4OS(=O)(=O)[O-])o2)CC1.CCCC[N+](CCCC)(CCCC)CCCC.NC1(Cc2nnc([C@@H]3CC[C@@H]4CN3C(=O)N4OS(=O)(=O)O)o2)CC1. The number of amides is 6. The van der Waals surface area contributed by atoms with Gasteiger partial charge in [0.1, 0.15) is 18.1 Å². The molecule has 0 spiro atoms. The number of fused-ring (bicyclic) bond motifs is 6. The highest BCUT2D eigenvalue weighted by Gasteiger charge is 2.52. The lowest BCUT2D eigenvalue weighted by molar-refractivity contribution is -0.929. The van der Waals surface area contributed by atoms with Gasteiger partial charge in [0.2, 0.25) is 45.7 Å². The lowest BCUT2D eigenvalue weighted by atomic mass is 10.0. The van der Waals surface area contributed by atoms with Crippen LogP contribution in [0.25, 0.3) is 0 Å². The fourth-order valence-electron chi connectivity index (χ4n) is 12.3. The van der Waals surface area contributed by atoms with E-state index >= 15 is 0 Å². The van der Waals surface area contributed by atoms with Crippen molar-refractivity contribution in [3.05, 3.63) is 35.3 Å². The summed E-state index contributed by atoms with van der Waals surface area (Å²) < 4.78 is 90.1. The number of rotatable bonds is 25. The van der Waals surface area contributed by atoms with Crippen LogP contribution in [0.4, 0.5) is 14.4 Å². The maximum Gasteiger partial charge on any atom is 0.418 e. The molecular weight excluding hydrogens is 1170 g/mol. The first-order valence-corrected chi connectivity index (χ1v) is 33.4. The molecule has 3 aliphatic carbocycles. The molecule has 0 aromatic carbocycles. The normalized spacial score (nSPS) is 25.2. The predicted molar refractivity (Wildman–Crippen MR) is 312 cm³/mol. The van der Waals surface area contributed by atoms with Crippen LogP contribution in [0.5, 0.6) is 0 Å². The van der Waals surface area contributed by atoms with Gasteiger partial charge >= 0.3 is 28.5 Å². The Labute approximate surface area is 512 Å². The van der Waals surface area contributed by atoms with Crippen molar-refractivity contribution in [3.8, 4) is 0 Å². The molecule has 6 saturated heterocycles. The minimum atomic E-state index is -4.99. The molecule has 87 heavy (non-hydrogen) atoms. The molecule has 3 saturated carbocycles. The number of quaternary nitrogens is 1. The van der Waals surface area contributed by atoms with Gasteiger partial charge in [-0.05, 0) is 114 Å². The van der Waals surface area contributed by atoms with Crippen LogP contribution in [0.15, 0.2) is 13.3 Å². The Morgan fingerprint density at radius 3 is 1.24 bits per heavy atom. The zero-order valence-electron chi connectivity index (χ0n) is 50.1. The number of aromatic nitrogens is 6. The van der Waals surface area contributed by atoms with E-state index in [-0.39, 0.29) is 57.0 Å². The van der Waals surface area contributed by atoms with Crippen molar-refractivity contribution >= 4 is 38.9 Å². The molecule has 9 fully saturated rings. The Hall–Kier alpha value is -5.15. The summed E-state index contributed by atoms with van der Waals surface area (Å²) in [6.07, 6.45) is 23.2. The standard InChI is InChI=1S/C16H36N.C13H18N4O6S.C13H18N4O3.C12H17N5O6S.2CH4/c1-5-9-13-17(14-10-6-2,15-11-7-3)16-12-8-4;1-13(4-5-13)6-10-14-15-11(22-10)9-3-2-8-7-16(9)12(18)17(8)23-24(19,20)21;1-13(4-5-13)6-10-14-15-11(20-10)9-3-2-8-7-16(9)12(18)17(8)19;13-12(3-4-12)5-9-14-15-10(22-9)8-2-1-7-6-16(8)11(18)17(7)23-24(19,20)21;;/h5-16H2,1-4H3;8-9H,2-7H2,1H3,(H,19,20,21);8-9,19H,2-7H2,1H3;7-8H,1-6,13H2,(H,19,20,21);2*1H4/q+1;;;;;/p-1/t;2*8-,9+;7-,8+;;/m.111../s1.